The van der Waals surface area contributed by atoms with Gasteiger partial charge in [-0.1, -0.05) is 24.3 Å². The van der Waals surface area contributed by atoms with E-state index in [0.717, 1.165) is 11.1 Å². The van der Waals surface area contributed by atoms with Gasteiger partial charge in [0.1, 0.15) is 0 Å². The minimum absolute atomic E-state index is 0.0710. The van der Waals surface area contributed by atoms with Crippen molar-refractivity contribution in [3.63, 3.8) is 0 Å². The molecule has 2 N–H and O–H groups in total. The monoisotopic (exact) mass is 556 g/mol. The number of halogens is 6. The van der Waals surface area contributed by atoms with Gasteiger partial charge >= 0.3 is 24.4 Å². The molecule has 39 heavy (non-hydrogen) atoms. The van der Waals surface area contributed by atoms with E-state index in [0.29, 0.717) is 38.2 Å². The molecule has 2 heterocycles. The molecule has 2 fully saturated rings. The summed E-state index contributed by atoms with van der Waals surface area (Å²) in [7, 11) is 1.37. The van der Waals surface area contributed by atoms with Crippen LogP contribution in [0.4, 0.5) is 35.9 Å². The number of benzene rings is 2. The first kappa shape index (κ1) is 28.6. The molecular formula is C27H30F6N4O2. The van der Waals surface area contributed by atoms with Gasteiger partial charge in [0.15, 0.2) is 0 Å². The standard InChI is InChI=1S/C27H30F6N4O2/c1-15-6-4-5-7-21(15)23-22-14-36(24(34)38)13-17(22)8-9-37(23)25(39)35(3)16(2)18-10-19(26(28,29)30)12-20(11-18)27(31,32)33/h4-7,10-12,16-17,22-23H,8-9,13-14H2,1-3H3,(H2,34,38)/t16-,17-,22-,23+/m1/s1. The number of likely N-dealkylation sites (tertiary alicyclic amines) is 2. The number of aryl methyl sites for hydroxylation is 1. The van der Waals surface area contributed by atoms with Crippen LogP contribution in [0, 0.1) is 18.8 Å². The van der Waals surface area contributed by atoms with Crippen molar-refractivity contribution >= 4 is 12.1 Å². The second-order valence-corrected chi connectivity index (χ2v) is 10.4. The number of nitrogens with zero attached hydrogens (tertiary/aromatic N) is 3. The van der Waals surface area contributed by atoms with Crippen LogP contribution >= 0.6 is 0 Å². The molecule has 6 nitrogen and oxygen atoms in total. The molecule has 0 saturated carbocycles. The summed E-state index contributed by atoms with van der Waals surface area (Å²) < 4.78 is 80.7. The number of piperidine rings is 1. The zero-order valence-electron chi connectivity index (χ0n) is 21.7. The Labute approximate surface area is 222 Å². The molecule has 2 aromatic rings. The van der Waals surface area contributed by atoms with Gasteiger partial charge in [0.2, 0.25) is 0 Å². The van der Waals surface area contributed by atoms with Crippen molar-refractivity contribution in [1.82, 2.24) is 14.7 Å². The van der Waals surface area contributed by atoms with Gasteiger partial charge in [-0.05, 0) is 61.1 Å². The van der Waals surface area contributed by atoms with E-state index in [1.54, 1.807) is 9.80 Å². The number of urea groups is 2. The molecule has 0 aromatic heterocycles. The average Bonchev–Trinajstić information content (AvgIpc) is 3.31. The van der Waals surface area contributed by atoms with Crippen molar-refractivity contribution in [3.8, 4) is 0 Å². The fourth-order valence-electron chi connectivity index (χ4n) is 5.76. The normalized spacial score (nSPS) is 22.4. The van der Waals surface area contributed by atoms with E-state index in [4.69, 9.17) is 5.73 Å². The maximum absolute atomic E-state index is 13.9. The lowest BCUT2D eigenvalue weighted by atomic mass is 9.78. The Hall–Kier alpha value is -3.44. The van der Waals surface area contributed by atoms with Crippen molar-refractivity contribution in [1.29, 1.82) is 0 Å². The number of fused-ring (bicyclic) bond motifs is 1. The number of carbonyl (C=O) groups excluding carboxylic acids is 2. The van der Waals surface area contributed by atoms with Gasteiger partial charge in [-0.15, -0.1) is 0 Å². The SMILES string of the molecule is Cc1ccccc1[C@H]1[C@@H]2CN(C(N)=O)C[C@H]2CCN1C(=O)N(C)[C@H](C)c1cc(C(F)(F)F)cc(C(F)(F)F)c1. The third-order valence-corrected chi connectivity index (χ3v) is 8.01. The smallest absolute Gasteiger partial charge is 0.351 e. The second kappa shape index (κ2) is 10.3. The lowest BCUT2D eigenvalue weighted by molar-refractivity contribution is -0.143. The number of alkyl halides is 6. The Morgan fingerprint density at radius 2 is 1.59 bits per heavy atom. The lowest BCUT2D eigenvalue weighted by Gasteiger charge is -2.45. The van der Waals surface area contributed by atoms with E-state index in [-0.39, 0.29) is 23.5 Å². The van der Waals surface area contributed by atoms with Crippen molar-refractivity contribution in [3.05, 3.63) is 70.3 Å². The molecular weight excluding hydrogens is 526 g/mol. The minimum Gasteiger partial charge on any atom is -0.351 e. The van der Waals surface area contributed by atoms with E-state index in [1.807, 2.05) is 31.2 Å². The average molecular weight is 557 g/mol. The van der Waals surface area contributed by atoms with Crippen LogP contribution in [-0.4, -0.2) is 53.4 Å². The molecule has 0 aliphatic carbocycles. The summed E-state index contributed by atoms with van der Waals surface area (Å²) in [5.74, 6) is -0.0444. The van der Waals surface area contributed by atoms with E-state index in [9.17, 15) is 35.9 Å². The predicted molar refractivity (Wildman–Crippen MR) is 131 cm³/mol. The van der Waals surface area contributed by atoms with Crippen LogP contribution in [-0.2, 0) is 12.4 Å². The fourth-order valence-corrected chi connectivity index (χ4v) is 5.76. The number of hydrogen-bond acceptors (Lipinski definition) is 2. The lowest BCUT2D eigenvalue weighted by Crippen LogP contribution is -2.51. The maximum Gasteiger partial charge on any atom is 0.416 e. The third-order valence-electron chi connectivity index (χ3n) is 8.01. The Bertz CT molecular complexity index is 1220. The van der Waals surface area contributed by atoms with E-state index < -0.39 is 47.6 Å². The molecule has 0 bridgehead atoms. The van der Waals surface area contributed by atoms with Gasteiger partial charge in [0, 0.05) is 32.6 Å². The topological polar surface area (TPSA) is 69.9 Å². The molecule has 0 unspecified atom stereocenters. The first-order chi connectivity index (χ1) is 18.1. The first-order valence-corrected chi connectivity index (χ1v) is 12.5. The highest BCUT2D eigenvalue weighted by atomic mass is 19.4. The highest BCUT2D eigenvalue weighted by Crippen LogP contribution is 2.45. The second-order valence-electron chi connectivity index (χ2n) is 10.4. The number of hydrogen-bond donors (Lipinski definition) is 1. The van der Waals surface area contributed by atoms with Gasteiger partial charge in [-0.3, -0.25) is 0 Å². The summed E-state index contributed by atoms with van der Waals surface area (Å²) in [6, 6.07) is 6.22. The molecule has 4 amide bonds. The predicted octanol–water partition coefficient (Wildman–Crippen LogP) is 6.22. The fraction of sp³-hybridized carbons (Fsp3) is 0.481. The Morgan fingerprint density at radius 1 is 1.00 bits per heavy atom. The Morgan fingerprint density at radius 3 is 2.13 bits per heavy atom. The summed E-state index contributed by atoms with van der Waals surface area (Å²) in [6.07, 6.45) is -9.41. The molecule has 4 atom stereocenters. The van der Waals surface area contributed by atoms with Crippen molar-refractivity contribution in [2.75, 3.05) is 26.7 Å². The Balaban J connectivity index is 1.69. The minimum atomic E-state index is -5.00. The van der Waals surface area contributed by atoms with Crippen LogP contribution in [0.2, 0.25) is 0 Å². The van der Waals surface area contributed by atoms with Crippen LogP contribution in [0.15, 0.2) is 42.5 Å². The van der Waals surface area contributed by atoms with Crippen molar-refractivity contribution < 1.29 is 35.9 Å². The van der Waals surface area contributed by atoms with Gasteiger partial charge in [0.05, 0.1) is 23.2 Å². The van der Waals surface area contributed by atoms with Crippen LogP contribution < -0.4 is 5.73 Å². The maximum atomic E-state index is 13.9. The molecule has 0 spiro atoms. The highest BCUT2D eigenvalue weighted by Gasteiger charge is 2.48. The van der Waals surface area contributed by atoms with Crippen LogP contribution in [0.3, 0.4) is 0 Å². The van der Waals surface area contributed by atoms with Crippen LogP contribution in [0.5, 0.6) is 0 Å². The highest BCUT2D eigenvalue weighted by molar-refractivity contribution is 5.76. The van der Waals surface area contributed by atoms with Gasteiger partial charge in [0.25, 0.3) is 0 Å². The van der Waals surface area contributed by atoms with E-state index in [1.165, 1.54) is 18.9 Å². The third kappa shape index (κ3) is 5.65. The number of primary amides is 1. The number of rotatable bonds is 3. The van der Waals surface area contributed by atoms with Gasteiger partial charge in [-0.2, -0.15) is 26.3 Å². The zero-order chi connectivity index (χ0) is 28.9. The van der Waals surface area contributed by atoms with Crippen molar-refractivity contribution in [2.45, 2.75) is 44.7 Å². The summed E-state index contributed by atoms with van der Waals surface area (Å²) in [5.41, 5.74) is 4.17. The van der Waals surface area contributed by atoms with E-state index in [2.05, 4.69) is 0 Å². The number of amides is 4. The summed E-state index contributed by atoms with van der Waals surface area (Å²) >= 11 is 0. The molecule has 4 rings (SSSR count). The molecule has 12 heteroatoms. The van der Waals surface area contributed by atoms with Crippen molar-refractivity contribution in [2.24, 2.45) is 17.6 Å². The number of carbonyl (C=O) groups is 2. The van der Waals surface area contributed by atoms with Gasteiger partial charge in [-0.25, -0.2) is 9.59 Å². The van der Waals surface area contributed by atoms with Gasteiger partial charge < -0.3 is 20.4 Å². The summed E-state index contributed by atoms with van der Waals surface area (Å²) in [5, 5.41) is 0. The summed E-state index contributed by atoms with van der Waals surface area (Å²) in [4.78, 5) is 30.1. The quantitative estimate of drug-likeness (QED) is 0.456. The molecule has 0 radical (unpaired) electrons. The Kier molecular flexibility index (Phi) is 7.52. The first-order valence-electron chi connectivity index (χ1n) is 12.5. The molecule has 2 aliphatic heterocycles. The molecule has 2 aliphatic rings. The van der Waals surface area contributed by atoms with E-state index >= 15 is 0 Å². The molecule has 212 valence electrons. The largest absolute Gasteiger partial charge is 0.416 e. The molecule has 2 aromatic carbocycles. The molecule has 2 saturated heterocycles. The number of nitrogens with two attached hydrogens (primary N) is 1. The van der Waals surface area contributed by atoms with Crippen LogP contribution in [0.1, 0.15) is 53.2 Å². The summed E-state index contributed by atoms with van der Waals surface area (Å²) in [6.45, 7) is 4.40. The zero-order valence-corrected chi connectivity index (χ0v) is 21.7. The van der Waals surface area contributed by atoms with Crippen LogP contribution in [0.25, 0.3) is 0 Å².